The Labute approximate surface area is 179 Å². The Morgan fingerprint density at radius 1 is 1.45 bits per heavy atom. The summed E-state index contributed by atoms with van der Waals surface area (Å²) in [5, 5.41) is 0. The maximum atomic E-state index is 12.6. The fourth-order valence-corrected chi connectivity index (χ4v) is 5.69. The Hall–Kier alpha value is -1.89. The lowest BCUT2D eigenvalue weighted by Crippen LogP contribution is -2.56. The number of fused-ring (bicyclic) bond motifs is 2. The standard InChI is InChI=1S/C22H27BrN2O4/c1-3-28-22(27)25-10-4-5-16-17(9-8-15-7-6-14(23)12-24-15)20-13(2)29-21(26)18(20)11-19(16)25/h6-9,12-13,16-20H,3-5,10-11H2,1-2H3/b9-8+/t13-,16+,17+,18-,19+,20+/m1/s1. The summed E-state index contributed by atoms with van der Waals surface area (Å²) in [6.07, 6.45) is 8.27. The number of carbonyl (C=O) groups excluding carboxylic acids is 2. The molecule has 6 atom stereocenters. The highest BCUT2D eigenvalue weighted by molar-refractivity contribution is 9.10. The summed E-state index contributed by atoms with van der Waals surface area (Å²) >= 11 is 3.41. The van der Waals surface area contributed by atoms with Gasteiger partial charge in [0.05, 0.1) is 18.2 Å². The summed E-state index contributed by atoms with van der Waals surface area (Å²) in [5.74, 6) is 0.280. The van der Waals surface area contributed by atoms with Crippen molar-refractivity contribution < 1.29 is 19.1 Å². The minimum absolute atomic E-state index is 0.00873. The molecule has 1 amide bonds. The van der Waals surface area contributed by atoms with E-state index < -0.39 is 0 Å². The van der Waals surface area contributed by atoms with Gasteiger partial charge >= 0.3 is 12.1 Å². The number of carbonyl (C=O) groups is 2. The first-order valence-electron chi connectivity index (χ1n) is 10.4. The molecular weight excluding hydrogens is 436 g/mol. The van der Waals surface area contributed by atoms with Crippen LogP contribution >= 0.6 is 15.9 Å². The molecule has 29 heavy (non-hydrogen) atoms. The SMILES string of the molecule is CCOC(=O)N1CCC[C@H]2[C@H](/C=C/c3ccc(Br)cn3)[C@@H]3[C@@H](C)OC(=O)[C@@H]3C[C@@H]21. The van der Waals surface area contributed by atoms with Crippen molar-refractivity contribution in [1.29, 1.82) is 0 Å². The van der Waals surface area contributed by atoms with Gasteiger partial charge in [0, 0.05) is 29.2 Å². The predicted octanol–water partition coefficient (Wildman–Crippen LogP) is 4.29. The molecule has 0 aromatic carbocycles. The zero-order chi connectivity index (χ0) is 20.5. The number of pyridine rings is 1. The number of ether oxygens (including phenoxy) is 2. The molecule has 1 aromatic rings. The first-order valence-corrected chi connectivity index (χ1v) is 11.2. The fraction of sp³-hybridized carbons (Fsp3) is 0.591. The smallest absolute Gasteiger partial charge is 0.410 e. The van der Waals surface area contributed by atoms with E-state index in [-0.39, 0.29) is 47.9 Å². The lowest BCUT2D eigenvalue weighted by molar-refractivity contribution is -0.144. The first-order chi connectivity index (χ1) is 14.0. The summed E-state index contributed by atoms with van der Waals surface area (Å²) in [6.45, 7) is 4.86. The van der Waals surface area contributed by atoms with Gasteiger partial charge in [0.25, 0.3) is 0 Å². The number of aromatic nitrogens is 1. The van der Waals surface area contributed by atoms with Crippen molar-refractivity contribution in [2.45, 2.75) is 45.3 Å². The van der Waals surface area contributed by atoms with Gasteiger partial charge < -0.3 is 14.4 Å². The topological polar surface area (TPSA) is 68.7 Å². The van der Waals surface area contributed by atoms with E-state index in [4.69, 9.17) is 9.47 Å². The van der Waals surface area contributed by atoms with Crippen molar-refractivity contribution >= 4 is 34.1 Å². The van der Waals surface area contributed by atoms with E-state index in [0.29, 0.717) is 19.6 Å². The van der Waals surface area contributed by atoms with E-state index >= 15 is 0 Å². The summed E-state index contributed by atoms with van der Waals surface area (Å²) in [5.41, 5.74) is 0.878. The van der Waals surface area contributed by atoms with Crippen molar-refractivity contribution in [1.82, 2.24) is 9.88 Å². The molecule has 3 heterocycles. The van der Waals surface area contributed by atoms with Gasteiger partial charge in [-0.25, -0.2) is 4.79 Å². The summed E-state index contributed by atoms with van der Waals surface area (Å²) in [7, 11) is 0. The molecule has 2 aliphatic heterocycles. The first kappa shape index (κ1) is 20.4. The highest BCUT2D eigenvalue weighted by Gasteiger charge is 2.56. The quantitative estimate of drug-likeness (QED) is 0.626. The number of amides is 1. The number of rotatable bonds is 3. The van der Waals surface area contributed by atoms with E-state index in [1.165, 1.54) is 0 Å². The molecule has 0 unspecified atom stereocenters. The second kappa shape index (κ2) is 8.46. The van der Waals surface area contributed by atoms with E-state index in [9.17, 15) is 9.59 Å². The van der Waals surface area contributed by atoms with Crippen LogP contribution in [-0.2, 0) is 14.3 Å². The van der Waals surface area contributed by atoms with Crippen LogP contribution in [0.2, 0.25) is 0 Å². The minimum Gasteiger partial charge on any atom is -0.462 e. The third kappa shape index (κ3) is 3.93. The van der Waals surface area contributed by atoms with Crippen LogP contribution in [0.25, 0.3) is 6.08 Å². The fourth-order valence-electron chi connectivity index (χ4n) is 5.45. The lowest BCUT2D eigenvalue weighted by atomic mass is 9.61. The van der Waals surface area contributed by atoms with Crippen LogP contribution in [0.5, 0.6) is 0 Å². The Bertz CT molecular complexity index is 797. The second-order valence-corrected chi connectivity index (χ2v) is 9.08. The van der Waals surface area contributed by atoms with Crippen LogP contribution < -0.4 is 0 Å². The third-order valence-electron chi connectivity index (χ3n) is 6.62. The average molecular weight is 463 g/mol. The van der Waals surface area contributed by atoms with E-state index in [0.717, 1.165) is 23.0 Å². The van der Waals surface area contributed by atoms with Crippen LogP contribution in [0, 0.1) is 23.7 Å². The maximum Gasteiger partial charge on any atom is 0.410 e. The number of esters is 1. The van der Waals surface area contributed by atoms with Crippen molar-refractivity contribution in [3.8, 4) is 0 Å². The summed E-state index contributed by atoms with van der Waals surface area (Å²) in [4.78, 5) is 31.4. The molecule has 3 fully saturated rings. The maximum absolute atomic E-state index is 12.6. The van der Waals surface area contributed by atoms with Gasteiger partial charge in [-0.2, -0.15) is 0 Å². The number of hydrogen-bond donors (Lipinski definition) is 0. The molecule has 0 bridgehead atoms. The minimum atomic E-state index is -0.266. The molecule has 0 radical (unpaired) electrons. The number of halogens is 1. The Morgan fingerprint density at radius 3 is 3.00 bits per heavy atom. The molecule has 0 N–H and O–H groups in total. The molecular formula is C22H27BrN2O4. The van der Waals surface area contributed by atoms with Gasteiger partial charge in [0.1, 0.15) is 6.10 Å². The Kier molecular flexibility index (Phi) is 5.95. The van der Waals surface area contributed by atoms with Gasteiger partial charge in [-0.3, -0.25) is 9.78 Å². The van der Waals surface area contributed by atoms with Crippen LogP contribution in [0.4, 0.5) is 4.79 Å². The third-order valence-corrected chi connectivity index (χ3v) is 7.09. The molecule has 3 aliphatic rings. The zero-order valence-corrected chi connectivity index (χ0v) is 18.4. The summed E-state index contributed by atoms with van der Waals surface area (Å²) < 4.78 is 11.9. The van der Waals surface area contributed by atoms with Crippen LogP contribution in [0.1, 0.15) is 38.8 Å². The molecule has 0 spiro atoms. The highest BCUT2D eigenvalue weighted by Crippen LogP contribution is 2.51. The van der Waals surface area contributed by atoms with Crippen molar-refractivity contribution in [2.75, 3.05) is 13.2 Å². The number of hydrogen-bond acceptors (Lipinski definition) is 5. The number of cyclic esters (lactones) is 1. The van der Waals surface area contributed by atoms with E-state index in [2.05, 4.69) is 27.0 Å². The van der Waals surface area contributed by atoms with Gasteiger partial charge in [-0.15, -0.1) is 0 Å². The van der Waals surface area contributed by atoms with Crippen LogP contribution in [-0.4, -0.2) is 47.2 Å². The number of piperidine rings is 1. The monoisotopic (exact) mass is 462 g/mol. The lowest BCUT2D eigenvalue weighted by Gasteiger charge is -2.50. The Balaban J connectivity index is 1.65. The number of likely N-dealkylation sites (tertiary alicyclic amines) is 1. The van der Waals surface area contributed by atoms with Gasteiger partial charge in [-0.1, -0.05) is 6.08 Å². The van der Waals surface area contributed by atoms with Crippen molar-refractivity contribution in [3.05, 3.63) is 34.6 Å². The second-order valence-electron chi connectivity index (χ2n) is 8.17. The van der Waals surface area contributed by atoms with Gasteiger partial charge in [-0.05, 0) is 79.1 Å². The summed E-state index contributed by atoms with van der Waals surface area (Å²) in [6, 6.07) is 3.94. The molecule has 1 aliphatic carbocycles. The van der Waals surface area contributed by atoms with Crippen LogP contribution in [0.15, 0.2) is 28.9 Å². The molecule has 4 rings (SSSR count). The van der Waals surface area contributed by atoms with E-state index in [1.54, 1.807) is 6.20 Å². The Morgan fingerprint density at radius 2 is 2.28 bits per heavy atom. The molecule has 6 nitrogen and oxygen atoms in total. The zero-order valence-electron chi connectivity index (χ0n) is 16.8. The molecule has 156 valence electrons. The molecule has 7 heteroatoms. The van der Waals surface area contributed by atoms with Crippen LogP contribution in [0.3, 0.4) is 0 Å². The number of nitrogens with zero attached hydrogens (tertiary/aromatic N) is 2. The van der Waals surface area contributed by atoms with Crippen molar-refractivity contribution in [3.63, 3.8) is 0 Å². The molecule has 1 aromatic heterocycles. The van der Waals surface area contributed by atoms with Gasteiger partial charge in [0.15, 0.2) is 0 Å². The average Bonchev–Trinajstić information content (AvgIpc) is 3.00. The highest BCUT2D eigenvalue weighted by atomic mass is 79.9. The normalized spacial score (nSPS) is 33.9. The van der Waals surface area contributed by atoms with E-state index in [1.807, 2.05) is 37.0 Å². The van der Waals surface area contributed by atoms with Crippen molar-refractivity contribution in [2.24, 2.45) is 23.7 Å². The predicted molar refractivity (Wildman–Crippen MR) is 112 cm³/mol. The number of allylic oxidation sites excluding steroid dienone is 1. The molecule has 1 saturated carbocycles. The van der Waals surface area contributed by atoms with Gasteiger partial charge in [0.2, 0.25) is 0 Å². The largest absolute Gasteiger partial charge is 0.462 e. The molecule has 2 saturated heterocycles.